The Morgan fingerprint density at radius 3 is 2.35 bits per heavy atom. The van der Waals surface area contributed by atoms with Gasteiger partial charge in [0.15, 0.2) is 0 Å². The highest BCUT2D eigenvalue weighted by Crippen LogP contribution is 2.19. The summed E-state index contributed by atoms with van der Waals surface area (Å²) in [5.41, 5.74) is 2.85. The van der Waals surface area contributed by atoms with Crippen molar-refractivity contribution in [3.63, 3.8) is 0 Å². The van der Waals surface area contributed by atoms with Crippen LogP contribution in [0.15, 0.2) is 24.3 Å². The van der Waals surface area contributed by atoms with Gasteiger partial charge in [-0.05, 0) is 36.3 Å². The van der Waals surface area contributed by atoms with Gasteiger partial charge in [0.25, 0.3) is 0 Å². The molecule has 1 aromatic rings. The third-order valence-corrected chi connectivity index (χ3v) is 4.14. The fourth-order valence-corrected chi connectivity index (χ4v) is 2.85. The van der Waals surface area contributed by atoms with Gasteiger partial charge in [-0.3, -0.25) is 0 Å². The van der Waals surface area contributed by atoms with Crippen molar-refractivity contribution in [2.75, 3.05) is 18.1 Å². The molecule has 0 aliphatic rings. The average molecular weight is 251 g/mol. The summed E-state index contributed by atoms with van der Waals surface area (Å²) in [6, 6.07) is 9.56. The van der Waals surface area contributed by atoms with E-state index in [0.29, 0.717) is 6.04 Å². The molecule has 0 saturated heterocycles. The van der Waals surface area contributed by atoms with Crippen molar-refractivity contribution in [2.24, 2.45) is 0 Å². The smallest absolute Gasteiger partial charge is 0.0411 e. The normalized spacial score (nSPS) is 12.6. The number of thioether (sulfide) groups is 1. The number of aryl methyl sites for hydroxylation is 1. The molecule has 0 aliphatic carbocycles. The molecule has 0 amide bonds. The Hall–Kier alpha value is -0.470. The zero-order valence-electron chi connectivity index (χ0n) is 11.3. The first kappa shape index (κ1) is 14.6. The molecule has 1 N–H and O–H groups in total. The van der Waals surface area contributed by atoms with E-state index in [0.717, 1.165) is 13.0 Å². The molecule has 1 nitrogen and oxygen atoms in total. The minimum atomic E-state index is 0.502. The second-order valence-electron chi connectivity index (χ2n) is 4.28. The first-order valence-corrected chi connectivity index (χ1v) is 7.87. The molecule has 0 saturated carbocycles. The third kappa shape index (κ3) is 5.13. The van der Waals surface area contributed by atoms with E-state index in [9.17, 15) is 0 Å². The number of hydrogen-bond donors (Lipinski definition) is 1. The van der Waals surface area contributed by atoms with Crippen LogP contribution in [0.1, 0.15) is 44.4 Å². The van der Waals surface area contributed by atoms with Crippen LogP contribution in [0.25, 0.3) is 0 Å². The van der Waals surface area contributed by atoms with E-state index in [1.165, 1.54) is 29.1 Å². The average Bonchev–Trinajstić information content (AvgIpc) is 2.38. The highest BCUT2D eigenvalue weighted by molar-refractivity contribution is 7.99. The van der Waals surface area contributed by atoms with Gasteiger partial charge in [-0.25, -0.2) is 0 Å². The number of benzene rings is 1. The van der Waals surface area contributed by atoms with E-state index < -0.39 is 0 Å². The van der Waals surface area contributed by atoms with Gasteiger partial charge >= 0.3 is 0 Å². The van der Waals surface area contributed by atoms with Crippen molar-refractivity contribution in [3.05, 3.63) is 35.4 Å². The Labute approximate surface area is 110 Å². The Morgan fingerprint density at radius 1 is 1.12 bits per heavy atom. The van der Waals surface area contributed by atoms with Crippen LogP contribution >= 0.6 is 11.8 Å². The second kappa shape index (κ2) is 8.60. The highest BCUT2D eigenvalue weighted by atomic mass is 32.2. The first-order chi connectivity index (χ1) is 8.31. The van der Waals surface area contributed by atoms with Gasteiger partial charge in [0.1, 0.15) is 0 Å². The molecule has 0 spiro atoms. The molecular formula is C15H25NS. The van der Waals surface area contributed by atoms with Crippen LogP contribution in [0, 0.1) is 0 Å². The summed E-state index contributed by atoms with van der Waals surface area (Å²) in [6.07, 6.45) is 2.38. The van der Waals surface area contributed by atoms with Gasteiger partial charge in [-0.1, -0.05) is 45.0 Å². The van der Waals surface area contributed by atoms with Crippen molar-refractivity contribution in [3.8, 4) is 0 Å². The van der Waals surface area contributed by atoms with E-state index >= 15 is 0 Å². The molecule has 0 bridgehead atoms. The topological polar surface area (TPSA) is 12.0 Å². The lowest BCUT2D eigenvalue weighted by Crippen LogP contribution is -2.23. The largest absolute Gasteiger partial charge is 0.310 e. The molecule has 0 fully saturated rings. The lowest BCUT2D eigenvalue weighted by molar-refractivity contribution is 0.605. The SMILES string of the molecule is CCCSCC(NCC)c1ccc(CC)cc1. The highest BCUT2D eigenvalue weighted by Gasteiger charge is 2.09. The van der Waals surface area contributed by atoms with Gasteiger partial charge in [0, 0.05) is 11.8 Å². The Kier molecular flexibility index (Phi) is 7.38. The van der Waals surface area contributed by atoms with Crippen LogP contribution < -0.4 is 5.32 Å². The van der Waals surface area contributed by atoms with Crippen LogP contribution in [-0.4, -0.2) is 18.1 Å². The molecule has 1 unspecified atom stereocenters. The van der Waals surface area contributed by atoms with E-state index in [-0.39, 0.29) is 0 Å². The molecule has 0 radical (unpaired) electrons. The van der Waals surface area contributed by atoms with Crippen LogP contribution in [0.3, 0.4) is 0 Å². The van der Waals surface area contributed by atoms with Crippen LogP contribution in [0.2, 0.25) is 0 Å². The molecular weight excluding hydrogens is 226 g/mol. The number of hydrogen-bond acceptors (Lipinski definition) is 2. The summed E-state index contributed by atoms with van der Waals surface area (Å²) in [5, 5.41) is 3.57. The van der Waals surface area contributed by atoms with Crippen molar-refractivity contribution >= 4 is 11.8 Å². The minimum Gasteiger partial charge on any atom is -0.310 e. The standard InChI is InChI=1S/C15H25NS/c1-4-11-17-12-15(16-6-3)14-9-7-13(5-2)8-10-14/h7-10,15-16H,4-6,11-12H2,1-3H3. The molecule has 2 heteroatoms. The van der Waals surface area contributed by atoms with E-state index in [1.54, 1.807) is 0 Å². The maximum atomic E-state index is 3.57. The molecule has 96 valence electrons. The maximum absolute atomic E-state index is 3.57. The van der Waals surface area contributed by atoms with E-state index in [4.69, 9.17) is 0 Å². The predicted octanol–water partition coefficient (Wildman–Crippen LogP) is 4.04. The predicted molar refractivity (Wildman–Crippen MR) is 79.9 cm³/mol. The molecule has 0 aliphatic heterocycles. The minimum absolute atomic E-state index is 0.502. The first-order valence-electron chi connectivity index (χ1n) is 6.71. The molecule has 0 aromatic heterocycles. The summed E-state index contributed by atoms with van der Waals surface area (Å²) in [7, 11) is 0. The summed E-state index contributed by atoms with van der Waals surface area (Å²) < 4.78 is 0. The Bertz CT molecular complexity index is 294. The maximum Gasteiger partial charge on any atom is 0.0411 e. The van der Waals surface area contributed by atoms with E-state index in [1.807, 2.05) is 11.8 Å². The van der Waals surface area contributed by atoms with Crippen LogP contribution in [-0.2, 0) is 6.42 Å². The fraction of sp³-hybridized carbons (Fsp3) is 0.600. The van der Waals surface area contributed by atoms with Crippen molar-refractivity contribution < 1.29 is 0 Å². The zero-order chi connectivity index (χ0) is 12.5. The monoisotopic (exact) mass is 251 g/mol. The van der Waals surface area contributed by atoms with Gasteiger partial charge in [-0.15, -0.1) is 0 Å². The molecule has 1 aromatic carbocycles. The number of rotatable bonds is 8. The van der Waals surface area contributed by atoms with Crippen molar-refractivity contribution in [1.29, 1.82) is 0 Å². The van der Waals surface area contributed by atoms with Crippen molar-refractivity contribution in [1.82, 2.24) is 5.32 Å². The summed E-state index contributed by atoms with van der Waals surface area (Å²) in [4.78, 5) is 0. The van der Waals surface area contributed by atoms with Gasteiger partial charge in [0.05, 0.1) is 0 Å². The van der Waals surface area contributed by atoms with Crippen LogP contribution in [0.5, 0.6) is 0 Å². The third-order valence-electron chi connectivity index (χ3n) is 2.87. The van der Waals surface area contributed by atoms with Crippen LogP contribution in [0.4, 0.5) is 0 Å². The molecule has 1 atom stereocenters. The summed E-state index contributed by atoms with van der Waals surface area (Å²) in [5.74, 6) is 2.43. The van der Waals surface area contributed by atoms with Gasteiger partial charge in [0.2, 0.25) is 0 Å². The fourth-order valence-electron chi connectivity index (χ4n) is 1.85. The Balaban J connectivity index is 2.60. The second-order valence-corrected chi connectivity index (χ2v) is 5.43. The quantitative estimate of drug-likeness (QED) is 0.700. The molecule has 17 heavy (non-hydrogen) atoms. The summed E-state index contributed by atoms with van der Waals surface area (Å²) >= 11 is 2.04. The lowest BCUT2D eigenvalue weighted by atomic mass is 10.1. The van der Waals surface area contributed by atoms with Gasteiger partial charge < -0.3 is 5.32 Å². The number of nitrogens with one attached hydrogen (secondary N) is 1. The van der Waals surface area contributed by atoms with E-state index in [2.05, 4.69) is 50.4 Å². The molecule has 0 heterocycles. The summed E-state index contributed by atoms with van der Waals surface area (Å²) in [6.45, 7) is 7.66. The molecule has 1 rings (SSSR count). The Morgan fingerprint density at radius 2 is 1.82 bits per heavy atom. The zero-order valence-corrected chi connectivity index (χ0v) is 12.1. The lowest BCUT2D eigenvalue weighted by Gasteiger charge is -2.18. The van der Waals surface area contributed by atoms with Crippen molar-refractivity contribution in [2.45, 2.75) is 39.7 Å². The van der Waals surface area contributed by atoms with Gasteiger partial charge in [-0.2, -0.15) is 11.8 Å².